The lowest BCUT2D eigenvalue weighted by atomic mass is 10.1. The molecule has 2 N–H and O–H groups in total. The fourth-order valence-electron chi connectivity index (χ4n) is 2.73. The van der Waals surface area contributed by atoms with Crippen molar-refractivity contribution in [1.82, 2.24) is 14.5 Å². The topological polar surface area (TPSA) is 106 Å². The van der Waals surface area contributed by atoms with E-state index >= 15 is 0 Å². The minimum atomic E-state index is -4.54. The van der Waals surface area contributed by atoms with Crippen molar-refractivity contribution in [3.63, 3.8) is 0 Å². The molecule has 0 fully saturated rings. The number of pyridine rings is 1. The predicted molar refractivity (Wildman–Crippen MR) is 105 cm³/mol. The van der Waals surface area contributed by atoms with Gasteiger partial charge in [0.25, 0.3) is 5.56 Å². The van der Waals surface area contributed by atoms with Crippen molar-refractivity contribution in [2.24, 2.45) is 0 Å². The molecule has 2 aromatic heterocycles. The molecule has 0 aliphatic rings. The normalized spacial score (nSPS) is 11.2. The van der Waals surface area contributed by atoms with Crippen LogP contribution in [-0.4, -0.2) is 32.7 Å². The van der Waals surface area contributed by atoms with Gasteiger partial charge in [-0.3, -0.25) is 14.2 Å². The second-order valence-corrected chi connectivity index (χ2v) is 6.41. The summed E-state index contributed by atoms with van der Waals surface area (Å²) in [5.41, 5.74) is -0.647. The van der Waals surface area contributed by atoms with Gasteiger partial charge in [-0.25, -0.2) is 9.97 Å². The third-order valence-corrected chi connectivity index (χ3v) is 4.31. The zero-order valence-electron chi connectivity index (χ0n) is 16.2. The summed E-state index contributed by atoms with van der Waals surface area (Å²) in [5.74, 6) is -0.901. The molecule has 3 rings (SSSR count). The second kappa shape index (κ2) is 8.86. The molecule has 3 aromatic rings. The van der Waals surface area contributed by atoms with Crippen LogP contribution in [0.4, 0.5) is 24.7 Å². The number of halogens is 3. The number of ether oxygens (including phenoxy) is 1. The molecule has 0 atom stereocenters. The number of nitrogens with zero attached hydrogens (tertiary/aromatic N) is 3. The fraction of sp³-hybridized carbons (Fsp3) is 0.200. The maximum Gasteiger partial charge on any atom is 0.416 e. The Morgan fingerprint density at radius 3 is 2.61 bits per heavy atom. The lowest BCUT2D eigenvalue weighted by molar-refractivity contribution is -0.138. The number of aryl methyl sites for hydroxylation is 1. The van der Waals surface area contributed by atoms with Crippen LogP contribution in [-0.2, 0) is 17.4 Å². The molecule has 0 amide bonds. The summed E-state index contributed by atoms with van der Waals surface area (Å²) < 4.78 is 44.9. The van der Waals surface area contributed by atoms with E-state index in [1.54, 1.807) is 12.1 Å². The summed E-state index contributed by atoms with van der Waals surface area (Å²) in [6.45, 7) is 0. The van der Waals surface area contributed by atoms with E-state index in [1.807, 2.05) is 0 Å². The Labute approximate surface area is 174 Å². The number of hydrogen-bond acceptors (Lipinski definition) is 6. The van der Waals surface area contributed by atoms with Gasteiger partial charge in [0, 0.05) is 25.0 Å². The van der Waals surface area contributed by atoms with Crippen LogP contribution in [0.3, 0.4) is 0 Å². The number of carboxylic acids is 1. The molecule has 0 saturated carbocycles. The third kappa shape index (κ3) is 5.18. The Kier molecular flexibility index (Phi) is 6.23. The van der Waals surface area contributed by atoms with E-state index in [1.165, 1.54) is 30.3 Å². The molecule has 2 heterocycles. The Hall–Kier alpha value is -3.89. The third-order valence-electron chi connectivity index (χ3n) is 4.31. The van der Waals surface area contributed by atoms with Crippen molar-refractivity contribution < 1.29 is 27.8 Å². The first-order valence-corrected chi connectivity index (χ1v) is 8.96. The lowest BCUT2D eigenvalue weighted by Crippen LogP contribution is -2.22. The van der Waals surface area contributed by atoms with Crippen LogP contribution in [0.1, 0.15) is 17.5 Å². The molecule has 31 heavy (non-hydrogen) atoms. The van der Waals surface area contributed by atoms with Gasteiger partial charge in [-0.1, -0.05) is 6.07 Å². The average Bonchev–Trinajstić information content (AvgIpc) is 2.73. The number of methoxy groups -OCH3 is 1. The van der Waals surface area contributed by atoms with Gasteiger partial charge >= 0.3 is 12.1 Å². The minimum absolute atomic E-state index is 0.0424. The highest BCUT2D eigenvalue weighted by atomic mass is 19.4. The number of nitrogens with one attached hydrogen (secondary N) is 1. The van der Waals surface area contributed by atoms with E-state index < -0.39 is 23.3 Å². The molecule has 0 unspecified atom stereocenters. The van der Waals surface area contributed by atoms with Crippen LogP contribution in [0.5, 0.6) is 5.75 Å². The number of carbonyl (C=O) groups is 1. The maximum absolute atomic E-state index is 12.9. The highest BCUT2D eigenvalue weighted by Crippen LogP contribution is 2.35. The van der Waals surface area contributed by atoms with Crippen molar-refractivity contribution in [3.05, 3.63) is 70.4 Å². The first kappa shape index (κ1) is 21.8. The standard InChI is InChI=1S/C20H17F3N4O4/c1-31-15-10-13(20(21,22)23)4-5-14(15)26-18-19(30)27(9-8-24-18)16-6-2-12(11-25-16)3-7-17(28)29/h2,4-6,8-11H,3,7H2,1H3,(H,24,26)(H,28,29). The van der Waals surface area contributed by atoms with Crippen molar-refractivity contribution in [3.8, 4) is 11.6 Å². The Morgan fingerprint density at radius 1 is 1.23 bits per heavy atom. The van der Waals surface area contributed by atoms with Gasteiger partial charge < -0.3 is 15.2 Å². The average molecular weight is 434 g/mol. The predicted octanol–water partition coefficient (Wildman–Crippen LogP) is 3.42. The summed E-state index contributed by atoms with van der Waals surface area (Å²) in [5, 5.41) is 11.4. The molecule has 1 aromatic carbocycles. The molecular formula is C20H17F3N4O4. The van der Waals surface area contributed by atoms with Gasteiger partial charge in [0.05, 0.1) is 18.4 Å². The summed E-state index contributed by atoms with van der Waals surface area (Å²) in [7, 11) is 1.22. The van der Waals surface area contributed by atoms with E-state index in [0.717, 1.165) is 18.2 Å². The SMILES string of the molecule is COc1cc(C(F)(F)F)ccc1Nc1nccn(-c2ccc(CCC(=O)O)cn2)c1=O. The molecular weight excluding hydrogens is 417 g/mol. The summed E-state index contributed by atoms with van der Waals surface area (Å²) in [6.07, 6.45) is -0.0896. The number of aliphatic carboxylic acids is 1. The van der Waals surface area contributed by atoms with Crippen LogP contribution in [0.15, 0.2) is 53.7 Å². The fourth-order valence-corrected chi connectivity index (χ4v) is 2.73. The number of benzene rings is 1. The van der Waals surface area contributed by atoms with Crippen molar-refractivity contribution >= 4 is 17.5 Å². The molecule has 0 aliphatic heterocycles. The highest BCUT2D eigenvalue weighted by Gasteiger charge is 2.31. The van der Waals surface area contributed by atoms with Gasteiger partial charge in [0.2, 0.25) is 0 Å². The Morgan fingerprint density at radius 2 is 2.00 bits per heavy atom. The monoisotopic (exact) mass is 434 g/mol. The zero-order valence-corrected chi connectivity index (χ0v) is 16.2. The van der Waals surface area contributed by atoms with Crippen LogP contribution in [0.25, 0.3) is 5.82 Å². The number of hydrogen-bond donors (Lipinski definition) is 2. The number of rotatable bonds is 7. The first-order chi connectivity index (χ1) is 14.7. The number of anilines is 2. The zero-order chi connectivity index (χ0) is 22.6. The van der Waals surface area contributed by atoms with Crippen molar-refractivity contribution in [1.29, 1.82) is 0 Å². The molecule has 0 aliphatic carbocycles. The van der Waals surface area contributed by atoms with Gasteiger partial charge in [0.15, 0.2) is 5.82 Å². The molecule has 0 spiro atoms. The Bertz CT molecular complexity index is 1140. The molecule has 11 heteroatoms. The van der Waals surface area contributed by atoms with E-state index in [4.69, 9.17) is 9.84 Å². The van der Waals surface area contributed by atoms with E-state index in [2.05, 4.69) is 15.3 Å². The van der Waals surface area contributed by atoms with Gasteiger partial charge in [-0.2, -0.15) is 13.2 Å². The van der Waals surface area contributed by atoms with Crippen molar-refractivity contribution in [2.45, 2.75) is 19.0 Å². The molecule has 8 nitrogen and oxygen atoms in total. The number of carboxylic acid groups (broad SMARTS) is 1. The summed E-state index contributed by atoms with van der Waals surface area (Å²) in [4.78, 5) is 31.6. The molecule has 162 valence electrons. The van der Waals surface area contributed by atoms with Crippen LogP contribution >= 0.6 is 0 Å². The number of alkyl halides is 3. The minimum Gasteiger partial charge on any atom is -0.495 e. The smallest absolute Gasteiger partial charge is 0.416 e. The largest absolute Gasteiger partial charge is 0.495 e. The van der Waals surface area contributed by atoms with Crippen molar-refractivity contribution in [2.75, 3.05) is 12.4 Å². The summed E-state index contributed by atoms with van der Waals surface area (Å²) >= 11 is 0. The van der Waals surface area contributed by atoms with Gasteiger partial charge in [-0.15, -0.1) is 0 Å². The highest BCUT2D eigenvalue weighted by molar-refractivity contribution is 5.67. The molecule has 0 radical (unpaired) electrons. The van der Waals surface area contributed by atoms with E-state index in [9.17, 15) is 22.8 Å². The van der Waals surface area contributed by atoms with Crippen LogP contribution < -0.4 is 15.6 Å². The van der Waals surface area contributed by atoms with Gasteiger partial charge in [0.1, 0.15) is 11.6 Å². The number of aromatic nitrogens is 3. The summed E-state index contributed by atoms with van der Waals surface area (Å²) in [6, 6.07) is 6.05. The molecule has 0 saturated heterocycles. The first-order valence-electron chi connectivity index (χ1n) is 8.96. The second-order valence-electron chi connectivity index (χ2n) is 6.41. The van der Waals surface area contributed by atoms with E-state index in [0.29, 0.717) is 12.0 Å². The lowest BCUT2D eigenvalue weighted by Gasteiger charge is -2.14. The maximum atomic E-state index is 12.9. The van der Waals surface area contributed by atoms with Crippen LogP contribution in [0.2, 0.25) is 0 Å². The van der Waals surface area contributed by atoms with Crippen LogP contribution in [0, 0.1) is 0 Å². The molecule has 0 bridgehead atoms. The Balaban J connectivity index is 1.88. The quantitative estimate of drug-likeness (QED) is 0.587. The van der Waals surface area contributed by atoms with E-state index in [-0.39, 0.29) is 29.5 Å². The van der Waals surface area contributed by atoms with Gasteiger partial charge in [-0.05, 0) is 36.2 Å².